The van der Waals surface area contributed by atoms with E-state index in [1.165, 1.54) is 0 Å². The Bertz CT molecular complexity index is 479. The summed E-state index contributed by atoms with van der Waals surface area (Å²) < 4.78 is 34.9. The van der Waals surface area contributed by atoms with Crippen molar-refractivity contribution in [1.29, 1.82) is 0 Å². The van der Waals surface area contributed by atoms with E-state index in [9.17, 15) is 8.42 Å². The Kier molecular flexibility index (Phi) is 5.96. The van der Waals surface area contributed by atoms with Gasteiger partial charge in [0.05, 0.1) is 6.10 Å². The third-order valence-electron chi connectivity index (χ3n) is 5.31. The average Bonchev–Trinajstić information content (AvgIpc) is 2.91. The van der Waals surface area contributed by atoms with Crippen molar-refractivity contribution in [3.05, 3.63) is 0 Å². The molecule has 0 aliphatic carbocycles. The first-order valence-electron chi connectivity index (χ1n) is 9.15. The third-order valence-corrected chi connectivity index (χ3v) is 7.31. The summed E-state index contributed by atoms with van der Waals surface area (Å²) in [6.45, 7) is 8.40. The number of nitrogens with zero attached hydrogens (tertiary/aromatic N) is 3. The quantitative estimate of drug-likeness (QED) is 0.767. The largest absolute Gasteiger partial charge is 0.377 e. The molecule has 0 aromatic heterocycles. The summed E-state index contributed by atoms with van der Waals surface area (Å²) in [7, 11) is -3.28. The Morgan fingerprint density at radius 1 is 0.957 bits per heavy atom. The van der Waals surface area contributed by atoms with E-state index in [4.69, 9.17) is 4.74 Å². The van der Waals surface area contributed by atoms with Crippen LogP contribution in [0.5, 0.6) is 0 Å². The first-order valence-corrected chi connectivity index (χ1v) is 10.5. The second-order valence-corrected chi connectivity index (χ2v) is 9.23. The molecule has 2 atom stereocenters. The summed E-state index contributed by atoms with van der Waals surface area (Å²) in [6, 6.07) is 0. The predicted molar refractivity (Wildman–Crippen MR) is 90.5 cm³/mol. The number of rotatable bonds is 4. The zero-order chi connectivity index (χ0) is 16.3. The maximum Gasteiger partial charge on any atom is 0.282 e. The molecule has 0 aromatic rings. The van der Waals surface area contributed by atoms with Crippen LogP contribution in [0.2, 0.25) is 0 Å². The van der Waals surface area contributed by atoms with Crippen LogP contribution < -0.4 is 0 Å². The Morgan fingerprint density at radius 2 is 1.78 bits per heavy atom. The lowest BCUT2D eigenvalue weighted by Gasteiger charge is -2.34. The van der Waals surface area contributed by atoms with E-state index in [2.05, 4.69) is 11.8 Å². The highest BCUT2D eigenvalue weighted by Crippen LogP contribution is 2.22. The fraction of sp³-hybridized carbons (Fsp3) is 1.00. The second-order valence-electron chi connectivity index (χ2n) is 7.30. The van der Waals surface area contributed by atoms with Gasteiger partial charge in [-0.3, -0.25) is 4.90 Å². The normalized spacial score (nSPS) is 32.9. The molecule has 0 spiro atoms. The van der Waals surface area contributed by atoms with Gasteiger partial charge in [-0.15, -0.1) is 0 Å². The lowest BCUT2D eigenvalue weighted by atomic mass is 10.0. The summed E-state index contributed by atoms with van der Waals surface area (Å²) in [5, 5.41) is 0. The fourth-order valence-corrected chi connectivity index (χ4v) is 5.76. The molecule has 6 nitrogen and oxygen atoms in total. The van der Waals surface area contributed by atoms with E-state index in [0.717, 1.165) is 58.3 Å². The van der Waals surface area contributed by atoms with E-state index < -0.39 is 10.2 Å². The third kappa shape index (κ3) is 4.45. The zero-order valence-corrected chi connectivity index (χ0v) is 15.1. The van der Waals surface area contributed by atoms with E-state index in [1.54, 1.807) is 8.61 Å². The van der Waals surface area contributed by atoms with E-state index in [0.29, 0.717) is 38.2 Å². The molecule has 0 bridgehead atoms. The molecule has 0 aromatic carbocycles. The Labute approximate surface area is 140 Å². The van der Waals surface area contributed by atoms with Crippen LogP contribution in [-0.4, -0.2) is 80.5 Å². The van der Waals surface area contributed by atoms with Crippen LogP contribution in [0.4, 0.5) is 0 Å². The zero-order valence-electron chi connectivity index (χ0n) is 14.3. The molecular weight excluding hydrogens is 314 g/mol. The molecule has 0 saturated carbocycles. The molecule has 0 N–H and O–H groups in total. The van der Waals surface area contributed by atoms with Crippen LogP contribution in [0, 0.1) is 5.92 Å². The molecule has 3 fully saturated rings. The van der Waals surface area contributed by atoms with Gasteiger partial charge in [0.15, 0.2) is 0 Å². The van der Waals surface area contributed by atoms with Crippen LogP contribution in [0.3, 0.4) is 0 Å². The van der Waals surface area contributed by atoms with Gasteiger partial charge in [-0.2, -0.15) is 17.0 Å². The average molecular weight is 346 g/mol. The van der Waals surface area contributed by atoms with Gasteiger partial charge in [-0.25, -0.2) is 0 Å². The van der Waals surface area contributed by atoms with Gasteiger partial charge >= 0.3 is 0 Å². The number of piperidine rings is 1. The Balaban J connectivity index is 1.55. The van der Waals surface area contributed by atoms with Gasteiger partial charge < -0.3 is 4.74 Å². The van der Waals surface area contributed by atoms with Gasteiger partial charge in [0.2, 0.25) is 0 Å². The van der Waals surface area contributed by atoms with Crippen molar-refractivity contribution in [2.24, 2.45) is 5.92 Å². The number of hydrogen-bond acceptors (Lipinski definition) is 4. The van der Waals surface area contributed by atoms with E-state index in [-0.39, 0.29) is 0 Å². The summed E-state index contributed by atoms with van der Waals surface area (Å²) in [5.74, 6) is 0.474. The van der Waals surface area contributed by atoms with Crippen molar-refractivity contribution < 1.29 is 13.2 Å². The molecule has 3 rings (SSSR count). The summed E-state index contributed by atoms with van der Waals surface area (Å²) in [4.78, 5) is 2.38. The van der Waals surface area contributed by atoms with Gasteiger partial charge in [0, 0.05) is 45.9 Å². The monoisotopic (exact) mass is 345 g/mol. The number of ether oxygens (including phenoxy) is 1. The van der Waals surface area contributed by atoms with Crippen molar-refractivity contribution in [1.82, 2.24) is 13.5 Å². The van der Waals surface area contributed by atoms with Crippen molar-refractivity contribution in [2.75, 3.05) is 52.4 Å². The van der Waals surface area contributed by atoms with E-state index in [1.807, 2.05) is 0 Å². The molecule has 0 unspecified atom stereocenters. The molecule has 3 saturated heterocycles. The number of hydrogen-bond donors (Lipinski definition) is 0. The summed E-state index contributed by atoms with van der Waals surface area (Å²) in [5.41, 5.74) is 0. The molecule has 0 radical (unpaired) electrons. The summed E-state index contributed by atoms with van der Waals surface area (Å²) in [6.07, 6.45) is 5.69. The highest BCUT2D eigenvalue weighted by molar-refractivity contribution is 7.86. The fourth-order valence-electron chi connectivity index (χ4n) is 3.96. The van der Waals surface area contributed by atoms with Crippen LogP contribution in [0.15, 0.2) is 0 Å². The van der Waals surface area contributed by atoms with Gasteiger partial charge in [0.25, 0.3) is 10.2 Å². The maximum atomic E-state index is 12.9. The molecule has 23 heavy (non-hydrogen) atoms. The minimum Gasteiger partial charge on any atom is -0.377 e. The first kappa shape index (κ1) is 17.6. The first-order chi connectivity index (χ1) is 11.1. The van der Waals surface area contributed by atoms with Crippen molar-refractivity contribution in [2.45, 2.75) is 45.1 Å². The lowest BCUT2D eigenvalue weighted by Crippen LogP contribution is -2.48. The molecule has 3 aliphatic rings. The minimum atomic E-state index is -3.28. The molecule has 134 valence electrons. The van der Waals surface area contributed by atoms with E-state index >= 15 is 0 Å². The summed E-state index contributed by atoms with van der Waals surface area (Å²) >= 11 is 0. The van der Waals surface area contributed by atoms with Crippen molar-refractivity contribution in [3.63, 3.8) is 0 Å². The van der Waals surface area contributed by atoms with Crippen molar-refractivity contribution >= 4 is 10.2 Å². The Hall–Kier alpha value is -0.210. The minimum absolute atomic E-state index is 0.348. The lowest BCUT2D eigenvalue weighted by molar-refractivity contribution is 0.0749. The van der Waals surface area contributed by atoms with Gasteiger partial charge in [0.1, 0.15) is 0 Å². The highest BCUT2D eigenvalue weighted by Gasteiger charge is 2.33. The molecule has 3 aliphatic heterocycles. The van der Waals surface area contributed by atoms with Crippen LogP contribution in [-0.2, 0) is 14.9 Å². The SMILES string of the molecule is C[C@@H]1CCCN(S(=O)(=O)N2CCCN(C[C@H]3CCCO3)CC2)C1. The van der Waals surface area contributed by atoms with Crippen LogP contribution in [0.25, 0.3) is 0 Å². The predicted octanol–water partition coefficient (Wildman–Crippen LogP) is 1.15. The molecule has 7 heteroatoms. The smallest absolute Gasteiger partial charge is 0.282 e. The van der Waals surface area contributed by atoms with Crippen LogP contribution in [0.1, 0.15) is 39.0 Å². The molecular formula is C16H31N3O3S. The standard InChI is InChI=1S/C16H31N3O3S/c1-15-5-2-8-19(13-15)23(20,21)18-9-4-7-17(10-11-18)14-16-6-3-12-22-16/h15-16H,2-14H2,1H3/t15-,16-/m1/s1. The Morgan fingerprint density at radius 3 is 2.52 bits per heavy atom. The molecule has 0 amide bonds. The van der Waals surface area contributed by atoms with Crippen LogP contribution >= 0.6 is 0 Å². The maximum absolute atomic E-state index is 12.9. The second kappa shape index (κ2) is 7.78. The van der Waals surface area contributed by atoms with Gasteiger partial charge in [-0.1, -0.05) is 6.92 Å². The molecule has 3 heterocycles. The van der Waals surface area contributed by atoms with Crippen molar-refractivity contribution in [3.8, 4) is 0 Å². The van der Waals surface area contributed by atoms with Gasteiger partial charge in [-0.05, 0) is 44.6 Å². The highest BCUT2D eigenvalue weighted by atomic mass is 32.2. The topological polar surface area (TPSA) is 53.1 Å².